The van der Waals surface area contributed by atoms with E-state index in [9.17, 15) is 9.59 Å². The molecule has 0 aliphatic carbocycles. The van der Waals surface area contributed by atoms with Crippen molar-refractivity contribution in [2.75, 3.05) is 6.61 Å². The number of carbonyl (C=O) groups excluding carboxylic acids is 2. The molecule has 0 aromatic carbocycles. The molecule has 0 bridgehead atoms. The molecule has 0 aliphatic heterocycles. The van der Waals surface area contributed by atoms with E-state index in [0.717, 1.165) is 49.0 Å². The second-order valence-corrected chi connectivity index (χ2v) is 9.64. The molecule has 1 rings (SSSR count). The molecule has 0 amide bonds. The van der Waals surface area contributed by atoms with E-state index in [0.29, 0.717) is 25.2 Å². The number of hydrogen-bond donors (Lipinski definition) is 0. The molecule has 0 N–H and O–H groups in total. The molecule has 0 fully saturated rings. The number of nitrogens with zero attached hydrogens (tertiary/aromatic N) is 1. The largest absolute Gasteiger partial charge is 0.466 e. The van der Waals surface area contributed by atoms with Crippen molar-refractivity contribution in [3.63, 3.8) is 0 Å². The summed E-state index contributed by atoms with van der Waals surface area (Å²) in [5, 5.41) is 0. The number of hydrogen-bond acceptors (Lipinski definition) is 3. The molecule has 4 nitrogen and oxygen atoms in total. The van der Waals surface area contributed by atoms with Gasteiger partial charge in [0, 0.05) is 36.8 Å². The van der Waals surface area contributed by atoms with Crippen molar-refractivity contribution >= 4 is 11.8 Å². The normalized spacial score (nSPS) is 11.2. The predicted molar refractivity (Wildman–Crippen MR) is 139 cm³/mol. The van der Waals surface area contributed by atoms with E-state index < -0.39 is 0 Å². The Morgan fingerprint density at radius 3 is 1.82 bits per heavy atom. The van der Waals surface area contributed by atoms with Gasteiger partial charge in [-0.15, -0.1) is 0 Å². The highest BCUT2D eigenvalue weighted by molar-refractivity contribution is 5.98. The number of Topliss-reactive ketones (excluding diaryl/α,β-unsaturated/α-hetero) is 1. The molecule has 0 saturated carbocycles. The van der Waals surface area contributed by atoms with Crippen molar-refractivity contribution in [3.8, 4) is 0 Å². The third kappa shape index (κ3) is 13.0. The number of aryl methyl sites for hydroxylation is 2. The molecule has 190 valence electrons. The number of ether oxygens (including phenoxy) is 1. The minimum Gasteiger partial charge on any atom is -0.466 e. The Morgan fingerprint density at radius 1 is 0.727 bits per heavy atom. The standard InChI is InChI=1S/C29H51NO3/c1-5-7-8-9-10-11-12-15-18-21-27(31)29-25(3)24-30(26(29)4)23-20-17-14-13-16-19-22-28(32)33-6-2/h24H,5-23H2,1-4H3. The zero-order valence-corrected chi connectivity index (χ0v) is 22.2. The topological polar surface area (TPSA) is 48.3 Å². The zero-order valence-electron chi connectivity index (χ0n) is 22.2. The highest BCUT2D eigenvalue weighted by Crippen LogP contribution is 2.21. The van der Waals surface area contributed by atoms with Gasteiger partial charge in [-0.1, -0.05) is 84.0 Å². The van der Waals surface area contributed by atoms with Gasteiger partial charge < -0.3 is 9.30 Å². The first kappa shape index (κ1) is 29.5. The second-order valence-electron chi connectivity index (χ2n) is 9.64. The summed E-state index contributed by atoms with van der Waals surface area (Å²) in [7, 11) is 0. The van der Waals surface area contributed by atoms with Gasteiger partial charge in [0.15, 0.2) is 5.78 Å². The van der Waals surface area contributed by atoms with E-state index in [1.807, 2.05) is 6.92 Å². The van der Waals surface area contributed by atoms with Crippen LogP contribution in [0.15, 0.2) is 6.20 Å². The van der Waals surface area contributed by atoms with Gasteiger partial charge in [-0.05, 0) is 45.6 Å². The first-order valence-corrected chi connectivity index (χ1v) is 13.9. The molecule has 4 heteroatoms. The van der Waals surface area contributed by atoms with Crippen LogP contribution < -0.4 is 0 Å². The molecular weight excluding hydrogens is 410 g/mol. The summed E-state index contributed by atoms with van der Waals surface area (Å²) in [6.07, 6.45) is 21.7. The first-order valence-electron chi connectivity index (χ1n) is 13.9. The first-order chi connectivity index (χ1) is 16.0. The van der Waals surface area contributed by atoms with Crippen molar-refractivity contribution < 1.29 is 14.3 Å². The van der Waals surface area contributed by atoms with Gasteiger partial charge in [0.05, 0.1) is 6.61 Å². The monoisotopic (exact) mass is 461 g/mol. The van der Waals surface area contributed by atoms with Gasteiger partial charge in [-0.2, -0.15) is 0 Å². The number of unbranched alkanes of at least 4 members (excludes halogenated alkanes) is 13. The lowest BCUT2D eigenvalue weighted by Gasteiger charge is -2.08. The van der Waals surface area contributed by atoms with Crippen LogP contribution in [-0.2, 0) is 16.1 Å². The van der Waals surface area contributed by atoms with Gasteiger partial charge >= 0.3 is 5.97 Å². The smallest absolute Gasteiger partial charge is 0.305 e. The van der Waals surface area contributed by atoms with Crippen LogP contribution in [0.25, 0.3) is 0 Å². The molecule has 0 radical (unpaired) electrons. The molecule has 0 atom stereocenters. The SMILES string of the molecule is CCCCCCCCCCCC(=O)c1c(C)cn(CCCCCCCCC(=O)OCC)c1C. The Labute approximate surface area is 203 Å². The fourth-order valence-electron chi connectivity index (χ4n) is 4.69. The summed E-state index contributed by atoms with van der Waals surface area (Å²) in [6.45, 7) is 9.75. The van der Waals surface area contributed by atoms with Crippen molar-refractivity contribution in [2.24, 2.45) is 0 Å². The Morgan fingerprint density at radius 2 is 1.24 bits per heavy atom. The van der Waals surface area contributed by atoms with Crippen molar-refractivity contribution in [2.45, 2.75) is 143 Å². The summed E-state index contributed by atoms with van der Waals surface area (Å²) in [5.74, 6) is 0.257. The van der Waals surface area contributed by atoms with Crippen LogP contribution in [0.4, 0.5) is 0 Å². The molecule has 33 heavy (non-hydrogen) atoms. The lowest BCUT2D eigenvalue weighted by molar-refractivity contribution is -0.143. The maximum absolute atomic E-state index is 12.8. The maximum atomic E-state index is 12.8. The summed E-state index contributed by atoms with van der Waals surface area (Å²) in [5.41, 5.74) is 3.24. The Hall–Kier alpha value is -1.58. The predicted octanol–water partition coefficient (Wildman–Crippen LogP) is 8.50. The van der Waals surface area contributed by atoms with E-state index in [2.05, 4.69) is 31.5 Å². The Bertz CT molecular complexity index is 662. The van der Waals surface area contributed by atoms with E-state index in [1.54, 1.807) is 0 Å². The van der Waals surface area contributed by atoms with E-state index in [-0.39, 0.29) is 5.97 Å². The van der Waals surface area contributed by atoms with Gasteiger partial charge in [0.2, 0.25) is 0 Å². The second kappa shape index (κ2) is 18.8. The molecule has 0 saturated heterocycles. The number of aromatic nitrogens is 1. The van der Waals surface area contributed by atoms with Gasteiger partial charge in [0.25, 0.3) is 0 Å². The molecule has 1 heterocycles. The van der Waals surface area contributed by atoms with Crippen molar-refractivity contribution in [3.05, 3.63) is 23.0 Å². The summed E-state index contributed by atoms with van der Waals surface area (Å²) < 4.78 is 7.24. The molecule has 0 spiro atoms. The van der Waals surface area contributed by atoms with Gasteiger partial charge in [0.1, 0.15) is 0 Å². The fourth-order valence-corrected chi connectivity index (χ4v) is 4.69. The third-order valence-corrected chi connectivity index (χ3v) is 6.66. The molecular formula is C29H51NO3. The minimum atomic E-state index is -0.0703. The lowest BCUT2D eigenvalue weighted by atomic mass is 10.0. The van der Waals surface area contributed by atoms with Crippen LogP contribution >= 0.6 is 0 Å². The van der Waals surface area contributed by atoms with Crippen molar-refractivity contribution in [1.82, 2.24) is 4.57 Å². The van der Waals surface area contributed by atoms with E-state index in [1.165, 1.54) is 70.6 Å². The molecule has 0 aliphatic rings. The lowest BCUT2D eigenvalue weighted by Crippen LogP contribution is -2.05. The number of esters is 1. The van der Waals surface area contributed by atoms with Crippen molar-refractivity contribution in [1.29, 1.82) is 0 Å². The van der Waals surface area contributed by atoms with Gasteiger partial charge in [-0.25, -0.2) is 0 Å². The van der Waals surface area contributed by atoms with Crippen LogP contribution in [-0.4, -0.2) is 22.9 Å². The average molecular weight is 462 g/mol. The third-order valence-electron chi connectivity index (χ3n) is 6.66. The average Bonchev–Trinajstić information content (AvgIpc) is 3.07. The number of ketones is 1. The highest BCUT2D eigenvalue weighted by Gasteiger charge is 2.16. The summed E-state index contributed by atoms with van der Waals surface area (Å²) in [4.78, 5) is 24.2. The van der Waals surface area contributed by atoms with Crippen LogP contribution in [0.5, 0.6) is 0 Å². The van der Waals surface area contributed by atoms with Crippen LogP contribution in [0.1, 0.15) is 145 Å². The Kier molecular flexibility index (Phi) is 16.8. The van der Waals surface area contributed by atoms with Crippen LogP contribution in [0, 0.1) is 13.8 Å². The molecule has 1 aromatic rings. The number of rotatable bonds is 21. The van der Waals surface area contributed by atoms with Gasteiger partial charge in [-0.3, -0.25) is 9.59 Å². The number of carbonyl (C=O) groups is 2. The minimum absolute atomic E-state index is 0.0703. The fraction of sp³-hybridized carbons (Fsp3) is 0.793. The highest BCUT2D eigenvalue weighted by atomic mass is 16.5. The summed E-state index contributed by atoms with van der Waals surface area (Å²) >= 11 is 0. The Balaban J connectivity index is 2.19. The van der Waals surface area contributed by atoms with Crippen LogP contribution in [0.3, 0.4) is 0 Å². The van der Waals surface area contributed by atoms with Crippen LogP contribution in [0.2, 0.25) is 0 Å². The molecule has 1 aromatic heterocycles. The van der Waals surface area contributed by atoms with E-state index in [4.69, 9.17) is 4.74 Å². The maximum Gasteiger partial charge on any atom is 0.305 e. The zero-order chi connectivity index (χ0) is 24.3. The van der Waals surface area contributed by atoms with E-state index >= 15 is 0 Å². The molecule has 0 unspecified atom stereocenters. The summed E-state index contributed by atoms with van der Waals surface area (Å²) in [6, 6.07) is 0. The quantitative estimate of drug-likeness (QED) is 0.105.